The number of hydrogen-bond acceptors (Lipinski definition) is 4. The molecule has 27 heavy (non-hydrogen) atoms. The molecule has 0 aliphatic carbocycles. The Kier molecular flexibility index (Phi) is 7.60. The summed E-state index contributed by atoms with van der Waals surface area (Å²) in [5, 5.41) is 10.1. The molecule has 0 bridgehead atoms. The normalized spacial score (nSPS) is 13.2. The summed E-state index contributed by atoms with van der Waals surface area (Å²) in [4.78, 5) is 12.3. The predicted molar refractivity (Wildman–Crippen MR) is 111 cm³/mol. The minimum atomic E-state index is -0.872. The summed E-state index contributed by atoms with van der Waals surface area (Å²) in [5.41, 5.74) is 2.09. The summed E-state index contributed by atoms with van der Waals surface area (Å²) in [5.74, 6) is 1.73. The number of benzene rings is 2. The molecule has 0 saturated carbocycles. The second-order valence-corrected chi connectivity index (χ2v) is 8.42. The monoisotopic (exact) mass is 388 g/mol. The maximum Gasteiger partial charge on any atom is 0.320 e. The number of hydrogen-bond donors (Lipinski definition) is 1. The van der Waals surface area contributed by atoms with Gasteiger partial charge < -0.3 is 14.6 Å². The molecule has 4 nitrogen and oxygen atoms in total. The molecule has 0 aromatic heterocycles. The van der Waals surface area contributed by atoms with Crippen molar-refractivity contribution in [3.05, 3.63) is 59.7 Å². The third-order valence-electron chi connectivity index (χ3n) is 4.45. The van der Waals surface area contributed by atoms with Gasteiger partial charge in [0.05, 0.1) is 14.2 Å². The molecule has 0 spiro atoms. The fourth-order valence-electron chi connectivity index (χ4n) is 3.08. The molecule has 2 aromatic carbocycles. The van der Waals surface area contributed by atoms with E-state index in [-0.39, 0.29) is 5.92 Å². The van der Waals surface area contributed by atoms with Crippen LogP contribution < -0.4 is 9.47 Å². The number of thioether (sulfide) groups is 1. The Bertz CT molecular complexity index is 725. The summed E-state index contributed by atoms with van der Waals surface area (Å²) < 4.78 is 9.52. The molecule has 0 aliphatic rings. The van der Waals surface area contributed by atoms with Crippen molar-refractivity contribution in [3.8, 4) is 11.5 Å². The maximum atomic E-state index is 12.3. The predicted octanol–water partition coefficient (Wildman–Crippen LogP) is 5.05. The Morgan fingerprint density at radius 3 is 1.85 bits per heavy atom. The van der Waals surface area contributed by atoms with E-state index in [1.165, 1.54) is 11.8 Å². The third-order valence-corrected chi connectivity index (χ3v) is 5.97. The standard InChI is InChI=1S/C22H28O4S/c1-16(2)13-22(21(23)24,14-17-5-9-19(25-3)10-6-17)27-15-18-7-11-20(26-4)12-8-18/h5-12,16H,13-15H2,1-4H3,(H,23,24). The van der Waals surface area contributed by atoms with Gasteiger partial charge >= 0.3 is 5.97 Å². The van der Waals surface area contributed by atoms with Gasteiger partial charge in [0.15, 0.2) is 0 Å². The number of carboxylic acids is 1. The highest BCUT2D eigenvalue weighted by molar-refractivity contribution is 8.00. The number of methoxy groups -OCH3 is 2. The smallest absolute Gasteiger partial charge is 0.320 e. The van der Waals surface area contributed by atoms with Gasteiger partial charge in [0.1, 0.15) is 16.2 Å². The lowest BCUT2D eigenvalue weighted by molar-refractivity contribution is -0.140. The number of carbonyl (C=O) groups is 1. The van der Waals surface area contributed by atoms with Gasteiger partial charge in [-0.1, -0.05) is 38.1 Å². The van der Waals surface area contributed by atoms with Gasteiger partial charge in [0.25, 0.3) is 0 Å². The summed E-state index contributed by atoms with van der Waals surface area (Å²) in [6.07, 6.45) is 1.08. The van der Waals surface area contributed by atoms with Crippen molar-refractivity contribution >= 4 is 17.7 Å². The van der Waals surface area contributed by atoms with Crippen LogP contribution in [-0.4, -0.2) is 30.0 Å². The van der Waals surface area contributed by atoms with E-state index in [9.17, 15) is 9.90 Å². The van der Waals surface area contributed by atoms with Gasteiger partial charge in [-0.3, -0.25) is 4.79 Å². The minimum absolute atomic E-state index is 0.280. The summed E-state index contributed by atoms with van der Waals surface area (Å²) in [6, 6.07) is 15.4. The molecule has 0 aliphatic heterocycles. The molecule has 0 amide bonds. The van der Waals surface area contributed by atoms with E-state index in [4.69, 9.17) is 9.47 Å². The lowest BCUT2D eigenvalue weighted by atomic mass is 9.90. The van der Waals surface area contributed by atoms with E-state index in [1.807, 2.05) is 48.5 Å². The van der Waals surface area contributed by atoms with E-state index >= 15 is 0 Å². The van der Waals surface area contributed by atoms with E-state index in [1.54, 1.807) is 14.2 Å². The first-order valence-electron chi connectivity index (χ1n) is 9.02. The van der Waals surface area contributed by atoms with Gasteiger partial charge in [-0.25, -0.2) is 0 Å². The summed E-state index contributed by atoms with van der Waals surface area (Å²) in [6.45, 7) is 4.14. The van der Waals surface area contributed by atoms with Crippen LogP contribution >= 0.6 is 11.8 Å². The highest BCUT2D eigenvalue weighted by Crippen LogP contribution is 2.38. The Balaban J connectivity index is 2.22. The first-order chi connectivity index (χ1) is 12.9. The Morgan fingerprint density at radius 2 is 1.44 bits per heavy atom. The van der Waals surface area contributed by atoms with Gasteiger partial charge in [0.2, 0.25) is 0 Å². The molecule has 1 N–H and O–H groups in total. The molecule has 146 valence electrons. The SMILES string of the molecule is COc1ccc(CSC(Cc2ccc(OC)cc2)(CC(C)C)C(=O)O)cc1. The minimum Gasteiger partial charge on any atom is -0.497 e. The molecular formula is C22H28O4S. The first kappa shape index (κ1) is 21.2. The topological polar surface area (TPSA) is 55.8 Å². The third kappa shape index (κ3) is 5.93. The van der Waals surface area contributed by atoms with E-state index in [0.717, 1.165) is 22.6 Å². The summed E-state index contributed by atoms with van der Waals surface area (Å²) >= 11 is 1.51. The van der Waals surface area contributed by atoms with Crippen molar-refractivity contribution in [1.29, 1.82) is 0 Å². The highest BCUT2D eigenvalue weighted by atomic mass is 32.2. The van der Waals surface area contributed by atoms with Crippen molar-refractivity contribution in [2.75, 3.05) is 14.2 Å². The molecular weight excluding hydrogens is 360 g/mol. The molecule has 1 unspecified atom stereocenters. The molecule has 2 aromatic rings. The zero-order chi connectivity index (χ0) is 19.9. The van der Waals surface area contributed by atoms with Crippen molar-refractivity contribution in [2.24, 2.45) is 5.92 Å². The molecule has 0 radical (unpaired) electrons. The van der Waals surface area contributed by atoms with Crippen molar-refractivity contribution in [1.82, 2.24) is 0 Å². The van der Waals surface area contributed by atoms with Crippen LogP contribution in [0.15, 0.2) is 48.5 Å². The van der Waals surface area contributed by atoms with Crippen LogP contribution in [0.25, 0.3) is 0 Å². The Morgan fingerprint density at radius 1 is 0.963 bits per heavy atom. The molecule has 2 rings (SSSR count). The van der Waals surface area contributed by atoms with Crippen LogP contribution in [0, 0.1) is 5.92 Å². The lowest BCUT2D eigenvalue weighted by Gasteiger charge is -2.31. The fourth-order valence-corrected chi connectivity index (χ4v) is 4.56. The maximum absolute atomic E-state index is 12.3. The quantitative estimate of drug-likeness (QED) is 0.617. The van der Waals surface area contributed by atoms with E-state index in [0.29, 0.717) is 18.6 Å². The van der Waals surface area contributed by atoms with E-state index < -0.39 is 10.7 Å². The average Bonchev–Trinajstić information content (AvgIpc) is 2.66. The van der Waals surface area contributed by atoms with E-state index in [2.05, 4.69) is 13.8 Å². The second kappa shape index (κ2) is 9.70. The number of aliphatic carboxylic acids is 1. The van der Waals surface area contributed by atoms with Gasteiger partial charge in [-0.15, -0.1) is 11.8 Å². The zero-order valence-corrected chi connectivity index (χ0v) is 17.2. The van der Waals surface area contributed by atoms with Gasteiger partial charge in [-0.2, -0.15) is 0 Å². The van der Waals surface area contributed by atoms with Crippen LogP contribution in [0.5, 0.6) is 11.5 Å². The second-order valence-electron chi connectivity index (χ2n) is 7.06. The van der Waals surface area contributed by atoms with Crippen molar-refractivity contribution < 1.29 is 19.4 Å². The van der Waals surface area contributed by atoms with Crippen LogP contribution in [0.4, 0.5) is 0 Å². The molecule has 0 fully saturated rings. The average molecular weight is 389 g/mol. The molecule has 5 heteroatoms. The highest BCUT2D eigenvalue weighted by Gasteiger charge is 2.39. The largest absolute Gasteiger partial charge is 0.497 e. The fraction of sp³-hybridized carbons (Fsp3) is 0.409. The van der Waals surface area contributed by atoms with Crippen LogP contribution in [0.2, 0.25) is 0 Å². The van der Waals surface area contributed by atoms with Gasteiger partial charge in [0, 0.05) is 5.75 Å². The zero-order valence-electron chi connectivity index (χ0n) is 16.4. The molecule has 1 atom stereocenters. The van der Waals surface area contributed by atoms with Crippen LogP contribution in [-0.2, 0) is 17.0 Å². The van der Waals surface area contributed by atoms with Crippen molar-refractivity contribution in [2.45, 2.75) is 37.2 Å². The number of ether oxygens (including phenoxy) is 2. The van der Waals surface area contributed by atoms with Crippen LogP contribution in [0.1, 0.15) is 31.4 Å². The molecule has 0 heterocycles. The lowest BCUT2D eigenvalue weighted by Crippen LogP contribution is -2.39. The molecule has 0 saturated heterocycles. The Hall–Kier alpha value is -2.14. The van der Waals surface area contributed by atoms with Gasteiger partial charge in [-0.05, 0) is 54.2 Å². The Labute approximate surface area is 165 Å². The first-order valence-corrected chi connectivity index (χ1v) is 10.0. The summed E-state index contributed by atoms with van der Waals surface area (Å²) in [7, 11) is 3.26. The number of carboxylic acid groups (broad SMARTS) is 1. The van der Waals surface area contributed by atoms with Crippen molar-refractivity contribution in [3.63, 3.8) is 0 Å². The van der Waals surface area contributed by atoms with Crippen LogP contribution in [0.3, 0.4) is 0 Å². The number of rotatable bonds is 10.